The van der Waals surface area contributed by atoms with E-state index in [0.717, 1.165) is 19.3 Å². The summed E-state index contributed by atoms with van der Waals surface area (Å²) in [5.74, 6) is 0.316. The molecule has 1 atom stereocenters. The van der Waals surface area contributed by atoms with Gasteiger partial charge in [0.2, 0.25) is 0 Å². The SMILES string of the molecule is CNCCC(/C=C/CCO)CC=O. The van der Waals surface area contributed by atoms with Gasteiger partial charge in [-0.05, 0) is 32.4 Å². The first kappa shape index (κ1) is 12.3. The summed E-state index contributed by atoms with van der Waals surface area (Å²) in [6.45, 7) is 1.10. The van der Waals surface area contributed by atoms with Crippen LogP contribution in [-0.2, 0) is 4.79 Å². The van der Waals surface area contributed by atoms with Crippen LogP contribution in [0.4, 0.5) is 0 Å². The lowest BCUT2D eigenvalue weighted by Gasteiger charge is -2.07. The van der Waals surface area contributed by atoms with Crippen molar-refractivity contribution in [1.82, 2.24) is 5.32 Å². The van der Waals surface area contributed by atoms with Crippen molar-refractivity contribution >= 4 is 6.29 Å². The largest absolute Gasteiger partial charge is 0.396 e. The van der Waals surface area contributed by atoms with Gasteiger partial charge < -0.3 is 15.2 Å². The van der Waals surface area contributed by atoms with Crippen molar-refractivity contribution in [3.8, 4) is 0 Å². The molecule has 0 rings (SSSR count). The van der Waals surface area contributed by atoms with E-state index in [9.17, 15) is 4.79 Å². The van der Waals surface area contributed by atoms with Gasteiger partial charge in [-0.2, -0.15) is 0 Å². The highest BCUT2D eigenvalue weighted by Gasteiger charge is 2.02. The molecule has 0 spiro atoms. The second-order valence-electron chi connectivity index (χ2n) is 3.00. The maximum atomic E-state index is 10.3. The standard InChI is InChI=1S/C10H19NO2/c1-11-7-5-10(6-9-13)4-2-3-8-12/h2,4,9-12H,3,5-8H2,1H3/b4-2+. The summed E-state index contributed by atoms with van der Waals surface area (Å²) in [7, 11) is 1.90. The quantitative estimate of drug-likeness (QED) is 0.433. The smallest absolute Gasteiger partial charge is 0.120 e. The Morgan fingerprint density at radius 2 is 2.31 bits per heavy atom. The molecule has 0 saturated carbocycles. The van der Waals surface area contributed by atoms with Gasteiger partial charge in [-0.25, -0.2) is 0 Å². The van der Waals surface area contributed by atoms with Crippen LogP contribution < -0.4 is 5.32 Å². The van der Waals surface area contributed by atoms with Crippen LogP contribution in [0, 0.1) is 5.92 Å². The number of aldehydes is 1. The molecule has 0 aromatic carbocycles. The Balaban J connectivity index is 3.71. The van der Waals surface area contributed by atoms with Crippen LogP contribution in [0.3, 0.4) is 0 Å². The zero-order valence-corrected chi connectivity index (χ0v) is 8.20. The molecule has 0 aromatic rings. The van der Waals surface area contributed by atoms with Crippen molar-refractivity contribution in [1.29, 1.82) is 0 Å². The third-order valence-corrected chi connectivity index (χ3v) is 1.87. The Bertz CT molecular complexity index is 146. The molecule has 0 aliphatic heterocycles. The first-order chi connectivity index (χ1) is 6.35. The van der Waals surface area contributed by atoms with Crippen LogP contribution in [0.1, 0.15) is 19.3 Å². The van der Waals surface area contributed by atoms with E-state index in [-0.39, 0.29) is 6.61 Å². The van der Waals surface area contributed by atoms with E-state index < -0.39 is 0 Å². The number of hydrogen-bond donors (Lipinski definition) is 2. The lowest BCUT2D eigenvalue weighted by molar-refractivity contribution is -0.108. The third kappa shape index (κ3) is 7.68. The Morgan fingerprint density at radius 3 is 2.85 bits per heavy atom. The van der Waals surface area contributed by atoms with Gasteiger partial charge in [-0.1, -0.05) is 12.2 Å². The monoisotopic (exact) mass is 185 g/mol. The van der Waals surface area contributed by atoms with E-state index in [4.69, 9.17) is 5.11 Å². The molecule has 0 aromatic heterocycles. The number of aliphatic hydroxyl groups excluding tert-OH is 1. The van der Waals surface area contributed by atoms with Gasteiger partial charge in [-0.15, -0.1) is 0 Å². The summed E-state index contributed by atoms with van der Waals surface area (Å²) in [5.41, 5.74) is 0. The van der Waals surface area contributed by atoms with Crippen molar-refractivity contribution in [2.45, 2.75) is 19.3 Å². The van der Waals surface area contributed by atoms with Crippen molar-refractivity contribution in [2.75, 3.05) is 20.2 Å². The zero-order chi connectivity index (χ0) is 9.94. The maximum absolute atomic E-state index is 10.3. The molecule has 0 fully saturated rings. The fraction of sp³-hybridized carbons (Fsp3) is 0.700. The Hall–Kier alpha value is -0.670. The molecule has 2 N–H and O–H groups in total. The molecule has 0 saturated heterocycles. The topological polar surface area (TPSA) is 49.3 Å². The summed E-state index contributed by atoms with van der Waals surface area (Å²) in [4.78, 5) is 10.3. The fourth-order valence-electron chi connectivity index (χ4n) is 1.11. The molecule has 1 unspecified atom stereocenters. The van der Waals surface area contributed by atoms with E-state index in [1.165, 1.54) is 0 Å². The van der Waals surface area contributed by atoms with Gasteiger partial charge in [0.25, 0.3) is 0 Å². The minimum Gasteiger partial charge on any atom is -0.396 e. The Kier molecular flexibility index (Phi) is 8.93. The number of aliphatic hydroxyl groups is 1. The Labute approximate surface area is 79.8 Å². The molecule has 13 heavy (non-hydrogen) atoms. The molecule has 0 radical (unpaired) electrons. The minimum atomic E-state index is 0.177. The second-order valence-corrected chi connectivity index (χ2v) is 3.00. The number of allylic oxidation sites excluding steroid dienone is 1. The van der Waals surface area contributed by atoms with Gasteiger partial charge in [0, 0.05) is 13.0 Å². The molecule has 0 amide bonds. The first-order valence-electron chi connectivity index (χ1n) is 4.71. The highest BCUT2D eigenvalue weighted by Crippen LogP contribution is 2.08. The highest BCUT2D eigenvalue weighted by molar-refractivity contribution is 5.50. The molecular weight excluding hydrogens is 166 g/mol. The number of nitrogens with one attached hydrogen (secondary N) is 1. The molecular formula is C10H19NO2. The molecule has 0 aliphatic rings. The van der Waals surface area contributed by atoms with E-state index >= 15 is 0 Å². The number of rotatable bonds is 8. The summed E-state index contributed by atoms with van der Waals surface area (Å²) in [6, 6.07) is 0. The number of carbonyl (C=O) groups excluding carboxylic acids is 1. The Morgan fingerprint density at radius 1 is 1.54 bits per heavy atom. The molecule has 0 heterocycles. The molecule has 3 heteroatoms. The van der Waals surface area contributed by atoms with Crippen LogP contribution in [0.15, 0.2) is 12.2 Å². The molecule has 0 bridgehead atoms. The van der Waals surface area contributed by atoms with Crippen LogP contribution >= 0.6 is 0 Å². The average molecular weight is 185 g/mol. The maximum Gasteiger partial charge on any atom is 0.120 e. The van der Waals surface area contributed by atoms with E-state index in [2.05, 4.69) is 5.32 Å². The fourth-order valence-corrected chi connectivity index (χ4v) is 1.11. The van der Waals surface area contributed by atoms with Gasteiger partial charge in [0.05, 0.1) is 0 Å². The normalized spacial score (nSPS) is 13.4. The van der Waals surface area contributed by atoms with Crippen molar-refractivity contribution in [2.24, 2.45) is 5.92 Å². The number of carbonyl (C=O) groups is 1. The van der Waals surface area contributed by atoms with Crippen LogP contribution in [-0.4, -0.2) is 31.6 Å². The lowest BCUT2D eigenvalue weighted by atomic mass is 10.0. The highest BCUT2D eigenvalue weighted by atomic mass is 16.2. The average Bonchev–Trinajstić information content (AvgIpc) is 2.14. The molecule has 76 valence electrons. The predicted molar refractivity (Wildman–Crippen MR) is 53.6 cm³/mol. The van der Waals surface area contributed by atoms with Crippen LogP contribution in [0.25, 0.3) is 0 Å². The molecule has 3 nitrogen and oxygen atoms in total. The van der Waals surface area contributed by atoms with E-state index in [1.54, 1.807) is 0 Å². The van der Waals surface area contributed by atoms with Gasteiger partial charge in [0.1, 0.15) is 6.29 Å². The van der Waals surface area contributed by atoms with Crippen LogP contribution in [0.2, 0.25) is 0 Å². The lowest BCUT2D eigenvalue weighted by Crippen LogP contribution is -2.12. The van der Waals surface area contributed by atoms with Gasteiger partial charge in [-0.3, -0.25) is 0 Å². The van der Waals surface area contributed by atoms with Crippen molar-refractivity contribution < 1.29 is 9.90 Å². The summed E-state index contributed by atoms with van der Waals surface area (Å²) >= 11 is 0. The predicted octanol–water partition coefficient (Wildman–Crippen LogP) is 0.740. The third-order valence-electron chi connectivity index (χ3n) is 1.87. The van der Waals surface area contributed by atoms with Gasteiger partial charge >= 0.3 is 0 Å². The minimum absolute atomic E-state index is 0.177. The van der Waals surface area contributed by atoms with E-state index in [0.29, 0.717) is 18.8 Å². The molecule has 0 aliphatic carbocycles. The number of hydrogen-bond acceptors (Lipinski definition) is 3. The second kappa shape index (κ2) is 9.42. The zero-order valence-electron chi connectivity index (χ0n) is 8.20. The van der Waals surface area contributed by atoms with Crippen molar-refractivity contribution in [3.05, 3.63) is 12.2 Å². The van der Waals surface area contributed by atoms with Crippen LogP contribution in [0.5, 0.6) is 0 Å². The van der Waals surface area contributed by atoms with E-state index in [1.807, 2.05) is 19.2 Å². The van der Waals surface area contributed by atoms with Gasteiger partial charge in [0.15, 0.2) is 0 Å². The summed E-state index contributed by atoms with van der Waals surface area (Å²) < 4.78 is 0. The summed E-state index contributed by atoms with van der Waals surface area (Å²) in [5, 5.41) is 11.6. The summed E-state index contributed by atoms with van der Waals surface area (Å²) in [6.07, 6.45) is 7.12. The van der Waals surface area contributed by atoms with Crippen molar-refractivity contribution in [3.63, 3.8) is 0 Å². The first-order valence-corrected chi connectivity index (χ1v) is 4.71.